The Kier molecular flexibility index (Phi) is 2.36. The van der Waals surface area contributed by atoms with Crippen LogP contribution < -0.4 is 0 Å². The first-order valence-electron chi connectivity index (χ1n) is 5.88. The first kappa shape index (κ1) is 9.78. The number of nitrogens with zero attached hydrogens (tertiary/aromatic N) is 4. The number of hydrogen-bond donors (Lipinski definition) is 0. The van der Waals surface area contributed by atoms with Crippen LogP contribution in [0.1, 0.15) is 19.4 Å². The normalized spacial score (nSPS) is 21.9. The summed E-state index contributed by atoms with van der Waals surface area (Å²) in [5, 5.41) is 0. The predicted molar refractivity (Wildman–Crippen MR) is 63.3 cm³/mol. The zero-order valence-electron chi connectivity index (χ0n) is 9.50. The number of rotatable bonds is 2. The molecule has 4 nitrogen and oxygen atoms in total. The van der Waals surface area contributed by atoms with Crippen LogP contribution in [-0.4, -0.2) is 39.1 Å². The largest absolute Gasteiger partial charge is 0.311 e. The lowest BCUT2D eigenvalue weighted by Gasteiger charge is -2.14. The molecule has 0 N–H and O–H groups in total. The van der Waals surface area contributed by atoms with Crippen molar-refractivity contribution < 1.29 is 0 Å². The van der Waals surface area contributed by atoms with E-state index < -0.39 is 0 Å². The lowest BCUT2D eigenvalue weighted by molar-refractivity contribution is 0.342. The zero-order chi connectivity index (χ0) is 11.0. The second-order valence-corrected chi connectivity index (χ2v) is 4.33. The van der Waals surface area contributed by atoms with Crippen molar-refractivity contribution in [1.82, 2.24) is 19.4 Å². The summed E-state index contributed by atoms with van der Waals surface area (Å²) in [5.74, 6) is 0. The molecule has 3 heterocycles. The lowest BCUT2D eigenvalue weighted by atomic mass is 10.2. The Morgan fingerprint density at radius 2 is 2.38 bits per heavy atom. The Bertz CT molecular complexity index is 490. The van der Waals surface area contributed by atoms with Gasteiger partial charge in [0.05, 0.1) is 12.4 Å². The van der Waals surface area contributed by atoms with E-state index in [4.69, 9.17) is 0 Å². The molecule has 0 radical (unpaired) electrons. The molecular weight excluding hydrogens is 200 g/mol. The Morgan fingerprint density at radius 3 is 3.19 bits per heavy atom. The van der Waals surface area contributed by atoms with Gasteiger partial charge in [-0.05, 0) is 25.1 Å². The van der Waals surface area contributed by atoms with Gasteiger partial charge in [-0.15, -0.1) is 0 Å². The topological polar surface area (TPSA) is 34.0 Å². The Labute approximate surface area is 94.9 Å². The fourth-order valence-electron chi connectivity index (χ4n) is 2.46. The molecule has 2 aromatic heterocycles. The third kappa shape index (κ3) is 1.50. The van der Waals surface area contributed by atoms with Crippen LogP contribution >= 0.6 is 0 Å². The fraction of sp³-hybridized carbons (Fsp3) is 0.500. The minimum Gasteiger partial charge on any atom is -0.311 e. The molecule has 0 bridgehead atoms. The van der Waals surface area contributed by atoms with Crippen LogP contribution in [0.3, 0.4) is 0 Å². The lowest BCUT2D eigenvalue weighted by Crippen LogP contribution is -2.20. The van der Waals surface area contributed by atoms with Crippen molar-refractivity contribution in [2.75, 3.05) is 19.6 Å². The summed E-state index contributed by atoms with van der Waals surface area (Å²) in [7, 11) is 0. The third-order valence-corrected chi connectivity index (χ3v) is 3.42. The monoisotopic (exact) mass is 216 g/mol. The molecule has 1 aliphatic rings. The molecular formula is C12H16N4. The molecule has 3 rings (SSSR count). The van der Waals surface area contributed by atoms with Crippen LogP contribution in [0.15, 0.2) is 24.7 Å². The van der Waals surface area contributed by atoms with E-state index in [1.54, 1.807) is 0 Å². The highest BCUT2D eigenvalue weighted by Gasteiger charge is 2.23. The predicted octanol–water partition coefficient (Wildman–Crippen LogP) is 1.70. The van der Waals surface area contributed by atoms with Crippen LogP contribution in [0.4, 0.5) is 0 Å². The van der Waals surface area contributed by atoms with E-state index in [9.17, 15) is 0 Å². The smallest absolute Gasteiger partial charge is 0.160 e. The molecule has 4 heteroatoms. The molecule has 1 saturated heterocycles. The van der Waals surface area contributed by atoms with Gasteiger partial charge in [0.2, 0.25) is 0 Å². The van der Waals surface area contributed by atoms with E-state index in [1.165, 1.54) is 13.0 Å². The van der Waals surface area contributed by atoms with E-state index >= 15 is 0 Å². The second-order valence-electron chi connectivity index (χ2n) is 4.33. The van der Waals surface area contributed by atoms with Gasteiger partial charge in [-0.25, -0.2) is 9.97 Å². The molecule has 1 aliphatic heterocycles. The summed E-state index contributed by atoms with van der Waals surface area (Å²) in [6, 6.07) is 4.50. The first-order valence-corrected chi connectivity index (χ1v) is 5.88. The van der Waals surface area contributed by atoms with Gasteiger partial charge in [0.1, 0.15) is 5.52 Å². The molecule has 0 amide bonds. The average molecular weight is 216 g/mol. The van der Waals surface area contributed by atoms with Crippen molar-refractivity contribution in [2.24, 2.45) is 0 Å². The minimum atomic E-state index is 0.542. The van der Waals surface area contributed by atoms with Crippen molar-refractivity contribution in [3.8, 4) is 0 Å². The summed E-state index contributed by atoms with van der Waals surface area (Å²) in [5.41, 5.74) is 2.02. The van der Waals surface area contributed by atoms with Gasteiger partial charge in [0.25, 0.3) is 0 Å². The summed E-state index contributed by atoms with van der Waals surface area (Å²) in [6.07, 6.45) is 4.98. The molecule has 1 unspecified atom stereocenters. The number of aromatic nitrogens is 3. The molecule has 16 heavy (non-hydrogen) atoms. The first-order chi connectivity index (χ1) is 7.88. The number of likely N-dealkylation sites (tertiary alicyclic amines) is 1. The van der Waals surface area contributed by atoms with E-state index in [1.807, 2.05) is 24.7 Å². The van der Waals surface area contributed by atoms with Gasteiger partial charge in [0, 0.05) is 19.3 Å². The molecule has 0 aliphatic carbocycles. The maximum atomic E-state index is 4.42. The Morgan fingerprint density at radius 1 is 1.44 bits per heavy atom. The SMILES string of the molecule is CCN1CCC(n2cnc3cccnc32)C1. The van der Waals surface area contributed by atoms with E-state index in [2.05, 4.69) is 26.4 Å². The van der Waals surface area contributed by atoms with E-state index in [0.717, 1.165) is 24.3 Å². The quantitative estimate of drug-likeness (QED) is 0.766. The van der Waals surface area contributed by atoms with Crippen LogP contribution in [0.25, 0.3) is 11.2 Å². The average Bonchev–Trinajstić information content (AvgIpc) is 2.94. The number of likely N-dealkylation sites (N-methyl/N-ethyl adjacent to an activating group) is 1. The van der Waals surface area contributed by atoms with Crippen molar-refractivity contribution in [3.63, 3.8) is 0 Å². The fourth-order valence-corrected chi connectivity index (χ4v) is 2.46. The summed E-state index contributed by atoms with van der Waals surface area (Å²) < 4.78 is 2.23. The van der Waals surface area contributed by atoms with Crippen molar-refractivity contribution >= 4 is 11.2 Å². The summed E-state index contributed by atoms with van der Waals surface area (Å²) >= 11 is 0. The van der Waals surface area contributed by atoms with Gasteiger partial charge in [-0.1, -0.05) is 6.92 Å². The standard InChI is InChI=1S/C12H16N4/c1-2-15-7-5-10(8-15)16-9-14-11-4-3-6-13-12(11)16/h3-4,6,9-10H,2,5,7-8H2,1H3. The molecule has 1 fully saturated rings. The number of hydrogen-bond acceptors (Lipinski definition) is 3. The highest BCUT2D eigenvalue weighted by atomic mass is 15.2. The molecule has 2 aromatic rings. The maximum absolute atomic E-state index is 4.42. The second kappa shape index (κ2) is 3.87. The molecule has 84 valence electrons. The van der Waals surface area contributed by atoms with Gasteiger partial charge >= 0.3 is 0 Å². The van der Waals surface area contributed by atoms with Crippen molar-refractivity contribution in [3.05, 3.63) is 24.7 Å². The summed E-state index contributed by atoms with van der Waals surface area (Å²) in [6.45, 7) is 5.66. The van der Waals surface area contributed by atoms with Crippen LogP contribution in [-0.2, 0) is 0 Å². The highest BCUT2D eigenvalue weighted by molar-refractivity contribution is 5.70. The van der Waals surface area contributed by atoms with Gasteiger partial charge < -0.3 is 9.47 Å². The number of fused-ring (bicyclic) bond motifs is 1. The highest BCUT2D eigenvalue weighted by Crippen LogP contribution is 2.24. The van der Waals surface area contributed by atoms with E-state index in [0.29, 0.717) is 6.04 Å². The number of imidazole rings is 1. The Balaban J connectivity index is 1.95. The van der Waals surface area contributed by atoms with Gasteiger partial charge in [0.15, 0.2) is 5.65 Å². The molecule has 0 saturated carbocycles. The number of pyridine rings is 1. The summed E-state index contributed by atoms with van der Waals surface area (Å²) in [4.78, 5) is 11.3. The van der Waals surface area contributed by atoms with Gasteiger partial charge in [-0.3, -0.25) is 0 Å². The van der Waals surface area contributed by atoms with Crippen molar-refractivity contribution in [1.29, 1.82) is 0 Å². The third-order valence-electron chi connectivity index (χ3n) is 3.42. The van der Waals surface area contributed by atoms with Crippen LogP contribution in [0.5, 0.6) is 0 Å². The Hall–Kier alpha value is -1.42. The van der Waals surface area contributed by atoms with Gasteiger partial charge in [-0.2, -0.15) is 0 Å². The van der Waals surface area contributed by atoms with E-state index in [-0.39, 0.29) is 0 Å². The maximum Gasteiger partial charge on any atom is 0.160 e. The van der Waals surface area contributed by atoms with Crippen molar-refractivity contribution in [2.45, 2.75) is 19.4 Å². The molecule has 0 aromatic carbocycles. The van der Waals surface area contributed by atoms with Crippen LogP contribution in [0, 0.1) is 0 Å². The molecule has 1 atom stereocenters. The zero-order valence-corrected chi connectivity index (χ0v) is 9.50. The van der Waals surface area contributed by atoms with Crippen LogP contribution in [0.2, 0.25) is 0 Å². The minimum absolute atomic E-state index is 0.542. The molecule has 0 spiro atoms.